The van der Waals surface area contributed by atoms with E-state index in [9.17, 15) is 15.0 Å². The van der Waals surface area contributed by atoms with Crippen molar-refractivity contribution in [3.05, 3.63) is 82.9 Å². The summed E-state index contributed by atoms with van der Waals surface area (Å²) < 4.78 is 1.90. The molecule has 4 aromatic rings. The van der Waals surface area contributed by atoms with E-state index in [0.717, 1.165) is 16.8 Å². The van der Waals surface area contributed by atoms with E-state index in [1.807, 2.05) is 47.9 Å². The van der Waals surface area contributed by atoms with Gasteiger partial charge in [0.25, 0.3) is 0 Å². The minimum atomic E-state index is -0.330. The molecule has 31 heavy (non-hydrogen) atoms. The number of carbonyl (C=O) groups is 1. The number of Topliss-reactive ketones (excluding diaryl/α,β-unsaturated/α-hetero) is 1. The van der Waals surface area contributed by atoms with Crippen LogP contribution in [0.2, 0.25) is 5.02 Å². The molecule has 156 valence electrons. The zero-order chi connectivity index (χ0) is 22.0. The van der Waals surface area contributed by atoms with Crippen molar-refractivity contribution in [2.75, 3.05) is 5.75 Å². The molecule has 1 heterocycles. The lowest BCUT2D eigenvalue weighted by atomic mass is 10.1. The molecule has 0 bridgehead atoms. The second-order valence-electron chi connectivity index (χ2n) is 6.90. The number of aryl methyl sites for hydroxylation is 1. The number of halogens is 1. The van der Waals surface area contributed by atoms with E-state index in [1.165, 1.54) is 30.0 Å². The molecule has 1 aromatic heterocycles. The molecular formula is C23H18ClN3O3S. The largest absolute Gasteiger partial charge is 0.504 e. The van der Waals surface area contributed by atoms with Gasteiger partial charge in [-0.3, -0.25) is 9.36 Å². The normalized spacial score (nSPS) is 10.9. The highest BCUT2D eigenvalue weighted by Gasteiger charge is 2.18. The number of hydrogen-bond donors (Lipinski definition) is 2. The lowest BCUT2D eigenvalue weighted by molar-refractivity contribution is 0.102. The summed E-state index contributed by atoms with van der Waals surface area (Å²) in [4.78, 5) is 12.6. The van der Waals surface area contributed by atoms with Crippen molar-refractivity contribution in [3.8, 4) is 28.6 Å². The molecule has 0 fully saturated rings. The predicted molar refractivity (Wildman–Crippen MR) is 121 cm³/mol. The Kier molecular flexibility index (Phi) is 5.97. The Morgan fingerprint density at radius 3 is 2.35 bits per heavy atom. The molecule has 0 aliphatic rings. The topological polar surface area (TPSA) is 88.2 Å². The molecule has 0 aliphatic carbocycles. The number of carbonyl (C=O) groups excluding carboxylic acids is 1. The molecule has 2 N–H and O–H groups in total. The summed E-state index contributed by atoms with van der Waals surface area (Å²) in [5.41, 5.74) is 3.15. The summed E-state index contributed by atoms with van der Waals surface area (Å²) in [5.74, 6) is -0.0707. The molecule has 3 aromatic carbocycles. The summed E-state index contributed by atoms with van der Waals surface area (Å²) in [5, 5.41) is 29.0. The van der Waals surface area contributed by atoms with Gasteiger partial charge in [-0.15, -0.1) is 10.2 Å². The van der Waals surface area contributed by atoms with Crippen LogP contribution in [-0.4, -0.2) is 36.5 Å². The van der Waals surface area contributed by atoms with Crippen molar-refractivity contribution in [2.45, 2.75) is 12.1 Å². The average Bonchev–Trinajstić information content (AvgIpc) is 3.19. The monoisotopic (exact) mass is 451 g/mol. The van der Waals surface area contributed by atoms with Gasteiger partial charge in [-0.1, -0.05) is 41.1 Å². The number of aromatic hydroxyl groups is 2. The zero-order valence-corrected chi connectivity index (χ0v) is 18.1. The van der Waals surface area contributed by atoms with E-state index in [-0.39, 0.29) is 23.0 Å². The molecule has 0 saturated carbocycles. The quantitative estimate of drug-likeness (QED) is 0.235. The van der Waals surface area contributed by atoms with Gasteiger partial charge in [0.1, 0.15) is 0 Å². The molecular weight excluding hydrogens is 434 g/mol. The third kappa shape index (κ3) is 4.57. The molecule has 0 unspecified atom stereocenters. The highest BCUT2D eigenvalue weighted by molar-refractivity contribution is 7.99. The molecule has 6 nitrogen and oxygen atoms in total. The van der Waals surface area contributed by atoms with Gasteiger partial charge >= 0.3 is 0 Å². The smallest absolute Gasteiger partial charge is 0.196 e. The maximum absolute atomic E-state index is 12.6. The number of hydrogen-bond acceptors (Lipinski definition) is 6. The summed E-state index contributed by atoms with van der Waals surface area (Å²) in [6, 6.07) is 19.3. The number of phenols is 2. The molecule has 0 spiro atoms. The summed E-state index contributed by atoms with van der Waals surface area (Å²) in [6.45, 7) is 2.01. The first-order chi connectivity index (χ1) is 14.9. The van der Waals surface area contributed by atoms with Crippen molar-refractivity contribution >= 4 is 29.1 Å². The number of ketones is 1. The van der Waals surface area contributed by atoms with Gasteiger partial charge in [-0.2, -0.15) is 0 Å². The third-order valence-electron chi connectivity index (χ3n) is 4.66. The van der Waals surface area contributed by atoms with Crippen molar-refractivity contribution in [1.82, 2.24) is 14.8 Å². The van der Waals surface area contributed by atoms with Crippen LogP contribution in [0.3, 0.4) is 0 Å². The van der Waals surface area contributed by atoms with Crippen molar-refractivity contribution in [3.63, 3.8) is 0 Å². The van der Waals surface area contributed by atoms with Gasteiger partial charge in [0.15, 0.2) is 28.3 Å². The fourth-order valence-electron chi connectivity index (χ4n) is 2.99. The highest BCUT2D eigenvalue weighted by Crippen LogP contribution is 2.30. The minimum absolute atomic E-state index is 0.0921. The van der Waals surface area contributed by atoms with Gasteiger partial charge in [0, 0.05) is 21.8 Å². The van der Waals surface area contributed by atoms with Crippen LogP contribution in [0.5, 0.6) is 11.5 Å². The Morgan fingerprint density at radius 1 is 0.968 bits per heavy atom. The fourth-order valence-corrected chi connectivity index (χ4v) is 3.96. The molecule has 0 aliphatic heterocycles. The van der Waals surface area contributed by atoms with Crippen LogP contribution in [0.15, 0.2) is 71.9 Å². The van der Waals surface area contributed by atoms with Crippen LogP contribution in [0, 0.1) is 6.92 Å². The highest BCUT2D eigenvalue weighted by atomic mass is 35.5. The summed E-state index contributed by atoms with van der Waals surface area (Å²) in [7, 11) is 0. The lowest BCUT2D eigenvalue weighted by Crippen LogP contribution is -2.05. The van der Waals surface area contributed by atoms with E-state index >= 15 is 0 Å². The van der Waals surface area contributed by atoms with Gasteiger partial charge < -0.3 is 10.2 Å². The standard InChI is InChI=1S/C23H18ClN3O3S/c1-14-2-9-18(10-3-14)27-22(15-4-7-17(24)8-5-15)25-26-23(27)31-13-21(30)16-6-11-19(28)20(29)12-16/h2-12,28-29H,13H2,1H3. The van der Waals surface area contributed by atoms with E-state index in [2.05, 4.69) is 10.2 Å². The van der Waals surface area contributed by atoms with Crippen LogP contribution in [0.25, 0.3) is 17.1 Å². The van der Waals surface area contributed by atoms with E-state index in [4.69, 9.17) is 11.6 Å². The molecule has 8 heteroatoms. The molecule has 4 rings (SSSR count). The Bertz CT molecular complexity index is 1240. The maximum Gasteiger partial charge on any atom is 0.196 e. The number of rotatable bonds is 6. The zero-order valence-electron chi connectivity index (χ0n) is 16.5. The maximum atomic E-state index is 12.6. The van der Waals surface area contributed by atoms with Gasteiger partial charge in [-0.05, 0) is 61.5 Å². The van der Waals surface area contributed by atoms with Crippen LogP contribution in [0.1, 0.15) is 15.9 Å². The number of aromatic nitrogens is 3. The number of benzene rings is 3. The summed E-state index contributed by atoms with van der Waals surface area (Å²) >= 11 is 7.27. The molecule has 0 saturated heterocycles. The Hall–Kier alpha value is -3.29. The second kappa shape index (κ2) is 8.83. The van der Waals surface area contributed by atoms with Crippen LogP contribution in [0.4, 0.5) is 0 Å². The van der Waals surface area contributed by atoms with Gasteiger partial charge in [-0.25, -0.2) is 0 Å². The number of phenolic OH excluding ortho intramolecular Hbond substituents is 2. The van der Waals surface area contributed by atoms with Crippen molar-refractivity contribution in [2.24, 2.45) is 0 Å². The van der Waals surface area contributed by atoms with Gasteiger partial charge in [0.05, 0.1) is 5.75 Å². The fraction of sp³-hybridized carbons (Fsp3) is 0.0870. The van der Waals surface area contributed by atoms with Crippen LogP contribution >= 0.6 is 23.4 Å². The third-order valence-corrected chi connectivity index (χ3v) is 5.84. The Morgan fingerprint density at radius 2 is 1.68 bits per heavy atom. The first-order valence-corrected chi connectivity index (χ1v) is 10.7. The molecule has 0 atom stereocenters. The average molecular weight is 452 g/mol. The predicted octanol–water partition coefficient (Wildman–Crippen LogP) is 5.28. The van der Waals surface area contributed by atoms with Crippen molar-refractivity contribution < 1.29 is 15.0 Å². The van der Waals surface area contributed by atoms with Crippen LogP contribution < -0.4 is 0 Å². The summed E-state index contributed by atoms with van der Waals surface area (Å²) in [6.07, 6.45) is 0. The SMILES string of the molecule is Cc1ccc(-n2c(SCC(=O)c3ccc(O)c(O)c3)nnc2-c2ccc(Cl)cc2)cc1. The Balaban J connectivity index is 1.67. The van der Waals surface area contributed by atoms with Crippen molar-refractivity contribution in [1.29, 1.82) is 0 Å². The number of thioether (sulfide) groups is 1. The first-order valence-electron chi connectivity index (χ1n) is 9.39. The van der Waals surface area contributed by atoms with E-state index < -0.39 is 0 Å². The van der Waals surface area contributed by atoms with E-state index in [1.54, 1.807) is 12.1 Å². The first kappa shape index (κ1) is 21.0. The van der Waals surface area contributed by atoms with Gasteiger partial charge in [0.2, 0.25) is 0 Å². The van der Waals surface area contributed by atoms with E-state index in [0.29, 0.717) is 21.6 Å². The van der Waals surface area contributed by atoms with Crippen LogP contribution in [-0.2, 0) is 0 Å². The Labute approximate surface area is 188 Å². The second-order valence-corrected chi connectivity index (χ2v) is 8.28. The lowest BCUT2D eigenvalue weighted by Gasteiger charge is -2.11. The molecule has 0 amide bonds. The molecule has 0 radical (unpaired) electrons. The number of nitrogens with zero attached hydrogens (tertiary/aromatic N) is 3. The minimum Gasteiger partial charge on any atom is -0.504 e.